The number of aliphatic hydroxyl groups excluding tert-OH is 1. The van der Waals surface area contributed by atoms with E-state index in [1.54, 1.807) is 0 Å². The highest BCUT2D eigenvalue weighted by Gasteiger charge is 2.22. The van der Waals surface area contributed by atoms with Crippen LogP contribution < -0.4 is 4.89 Å². The summed E-state index contributed by atoms with van der Waals surface area (Å²) in [6.45, 7) is 2.87. The van der Waals surface area contributed by atoms with Gasteiger partial charge in [-0.05, 0) is 44.4 Å². The molecular formula is C36H64NO11P. The number of ketones is 2. The minimum Gasteiger partial charge on any atom is -0.756 e. The van der Waals surface area contributed by atoms with E-state index in [9.17, 15) is 33.7 Å². The quantitative estimate of drug-likeness (QED) is 0.0288. The number of hydrogen-bond donors (Lipinski definition) is 1. The van der Waals surface area contributed by atoms with Crippen LogP contribution >= 0.6 is 7.82 Å². The molecule has 0 aromatic rings. The summed E-state index contributed by atoms with van der Waals surface area (Å²) in [5, 5.41) is 10.1. The molecule has 49 heavy (non-hydrogen) atoms. The number of rotatable bonds is 32. The third-order valence-electron chi connectivity index (χ3n) is 7.49. The Balaban J connectivity index is 4.66. The van der Waals surface area contributed by atoms with Gasteiger partial charge in [0.05, 0.1) is 33.9 Å². The molecule has 0 radical (unpaired) electrons. The summed E-state index contributed by atoms with van der Waals surface area (Å²) >= 11 is 0. The number of phosphoric acid groups is 1. The second kappa shape index (κ2) is 28.5. The maximum absolute atomic E-state index is 12.5. The van der Waals surface area contributed by atoms with E-state index in [2.05, 4.69) is 6.92 Å². The SMILES string of the molecule is CCCCCCCCCCCCCCCC(=O)OC[C@H](COP(=O)([O-])OCC[N+](C)(C)C)OC(=O)CCCC(O)C=CC(=O)C=CC(C)=O. The molecule has 0 aliphatic rings. The number of phosphoric ester groups is 1. The van der Waals surface area contributed by atoms with Crippen LogP contribution in [0.1, 0.15) is 123 Å². The van der Waals surface area contributed by atoms with Crippen molar-refractivity contribution in [1.82, 2.24) is 0 Å². The molecule has 0 fully saturated rings. The lowest BCUT2D eigenvalue weighted by Gasteiger charge is -2.28. The van der Waals surface area contributed by atoms with Gasteiger partial charge in [0, 0.05) is 12.8 Å². The maximum atomic E-state index is 12.5. The smallest absolute Gasteiger partial charge is 0.306 e. The number of likely N-dealkylation sites (N-methyl/N-ethyl adjacent to an activating group) is 1. The van der Waals surface area contributed by atoms with E-state index >= 15 is 0 Å². The number of nitrogens with zero attached hydrogens (tertiary/aromatic N) is 1. The van der Waals surface area contributed by atoms with Gasteiger partial charge in [-0.15, -0.1) is 0 Å². The normalized spacial score (nSPS) is 14.5. The molecule has 0 heterocycles. The summed E-state index contributed by atoms with van der Waals surface area (Å²) in [5.41, 5.74) is 0. The third-order valence-corrected chi connectivity index (χ3v) is 8.45. The number of aliphatic hydroxyl groups is 1. The Morgan fingerprint density at radius 2 is 1.31 bits per heavy atom. The molecule has 284 valence electrons. The highest BCUT2D eigenvalue weighted by molar-refractivity contribution is 7.45. The van der Waals surface area contributed by atoms with Gasteiger partial charge in [-0.2, -0.15) is 0 Å². The molecule has 2 unspecified atom stereocenters. The van der Waals surface area contributed by atoms with Crippen LogP contribution in [0.5, 0.6) is 0 Å². The predicted octanol–water partition coefficient (Wildman–Crippen LogP) is 5.93. The lowest BCUT2D eigenvalue weighted by Crippen LogP contribution is -2.37. The number of hydrogen-bond acceptors (Lipinski definition) is 11. The maximum Gasteiger partial charge on any atom is 0.306 e. The van der Waals surface area contributed by atoms with Crippen molar-refractivity contribution in [3.8, 4) is 0 Å². The van der Waals surface area contributed by atoms with Crippen LogP contribution in [0.4, 0.5) is 0 Å². The molecule has 0 aliphatic heterocycles. The van der Waals surface area contributed by atoms with E-state index in [1.165, 1.54) is 70.8 Å². The van der Waals surface area contributed by atoms with Gasteiger partial charge in [-0.1, -0.05) is 90.0 Å². The first-order valence-corrected chi connectivity index (χ1v) is 19.4. The average Bonchev–Trinajstić information content (AvgIpc) is 3.01. The highest BCUT2D eigenvalue weighted by atomic mass is 31.2. The van der Waals surface area contributed by atoms with Crippen molar-refractivity contribution in [3.63, 3.8) is 0 Å². The van der Waals surface area contributed by atoms with Crippen molar-refractivity contribution in [2.75, 3.05) is 47.5 Å². The van der Waals surface area contributed by atoms with Crippen molar-refractivity contribution >= 4 is 31.3 Å². The molecule has 0 aromatic carbocycles. The highest BCUT2D eigenvalue weighted by Crippen LogP contribution is 2.38. The van der Waals surface area contributed by atoms with Crippen molar-refractivity contribution in [1.29, 1.82) is 0 Å². The molecule has 0 saturated heterocycles. The Kier molecular flexibility index (Phi) is 27.2. The lowest BCUT2D eigenvalue weighted by molar-refractivity contribution is -0.870. The summed E-state index contributed by atoms with van der Waals surface area (Å²) in [6.07, 6.45) is 18.2. The number of esters is 2. The number of carbonyl (C=O) groups is 4. The van der Waals surface area contributed by atoms with E-state index in [-0.39, 0.29) is 44.7 Å². The van der Waals surface area contributed by atoms with E-state index in [1.807, 2.05) is 21.1 Å². The van der Waals surface area contributed by atoms with Gasteiger partial charge in [-0.25, -0.2) is 0 Å². The second-order valence-corrected chi connectivity index (χ2v) is 15.0. The number of allylic oxidation sites excluding steroid dienone is 3. The minimum atomic E-state index is -4.71. The fourth-order valence-corrected chi connectivity index (χ4v) is 5.29. The van der Waals surface area contributed by atoms with Gasteiger partial charge in [0.15, 0.2) is 17.7 Å². The van der Waals surface area contributed by atoms with Crippen molar-refractivity contribution in [2.24, 2.45) is 0 Å². The number of carbonyl (C=O) groups excluding carboxylic acids is 4. The molecule has 0 saturated carbocycles. The fraction of sp³-hybridized carbons (Fsp3) is 0.778. The standard InChI is InChI=1S/C36H64NO11P/c1-6-7-8-9-10-11-12-13-14-15-16-17-18-21-35(41)45-29-34(30-47-49(43,44)46-28-27-37(3,4)5)48-36(42)22-19-20-32(39)25-26-33(40)24-23-31(2)38/h23-26,32,34,39H,6-22,27-30H2,1-5H3/t32?,34-/m1/s1. The molecule has 0 bridgehead atoms. The van der Waals surface area contributed by atoms with Crippen molar-refractivity contribution < 1.29 is 56.7 Å². The fourth-order valence-electron chi connectivity index (χ4n) is 4.56. The molecule has 0 rings (SSSR count). The molecule has 0 spiro atoms. The van der Waals surface area contributed by atoms with Gasteiger partial charge in [0.1, 0.15) is 19.8 Å². The Morgan fingerprint density at radius 1 is 0.755 bits per heavy atom. The molecule has 3 atom stereocenters. The van der Waals surface area contributed by atoms with Crippen LogP contribution in [0.2, 0.25) is 0 Å². The molecule has 0 amide bonds. The van der Waals surface area contributed by atoms with Crippen molar-refractivity contribution in [3.05, 3.63) is 24.3 Å². The van der Waals surface area contributed by atoms with Gasteiger partial charge in [-0.3, -0.25) is 23.7 Å². The largest absolute Gasteiger partial charge is 0.756 e. The molecule has 12 nitrogen and oxygen atoms in total. The first kappa shape index (κ1) is 46.8. The summed E-state index contributed by atoms with van der Waals surface area (Å²) in [6, 6.07) is 0. The van der Waals surface area contributed by atoms with Crippen LogP contribution in [0.3, 0.4) is 0 Å². The van der Waals surface area contributed by atoms with Crippen LogP contribution in [-0.4, -0.2) is 92.8 Å². The Hall–Kier alpha value is -2.21. The Morgan fingerprint density at radius 3 is 1.86 bits per heavy atom. The van der Waals surface area contributed by atoms with E-state index in [0.29, 0.717) is 17.4 Å². The van der Waals surface area contributed by atoms with Gasteiger partial charge in [0.25, 0.3) is 7.82 Å². The summed E-state index contributed by atoms with van der Waals surface area (Å²) < 4.78 is 33.3. The minimum absolute atomic E-state index is 0.0990. The first-order valence-electron chi connectivity index (χ1n) is 18.0. The predicted molar refractivity (Wildman–Crippen MR) is 187 cm³/mol. The number of ether oxygens (including phenoxy) is 2. The van der Waals surface area contributed by atoms with E-state index < -0.39 is 44.4 Å². The molecule has 0 aliphatic carbocycles. The van der Waals surface area contributed by atoms with Crippen LogP contribution in [-0.2, 0) is 42.3 Å². The van der Waals surface area contributed by atoms with Crippen molar-refractivity contribution in [2.45, 2.75) is 135 Å². The average molecular weight is 718 g/mol. The van der Waals surface area contributed by atoms with E-state index in [4.69, 9.17) is 18.5 Å². The van der Waals surface area contributed by atoms with Crippen LogP contribution in [0, 0.1) is 0 Å². The molecule has 0 aromatic heterocycles. The number of quaternary nitrogens is 1. The third kappa shape index (κ3) is 32.7. The Bertz CT molecular complexity index is 1040. The molecular weight excluding hydrogens is 653 g/mol. The van der Waals surface area contributed by atoms with Gasteiger partial charge in [0.2, 0.25) is 0 Å². The topological polar surface area (TPSA) is 166 Å². The zero-order valence-electron chi connectivity index (χ0n) is 30.7. The summed E-state index contributed by atoms with van der Waals surface area (Å²) in [4.78, 5) is 59.7. The summed E-state index contributed by atoms with van der Waals surface area (Å²) in [5.74, 6) is -1.92. The van der Waals surface area contributed by atoms with Gasteiger partial charge >= 0.3 is 11.9 Å². The van der Waals surface area contributed by atoms with Crippen LogP contribution in [0.15, 0.2) is 24.3 Å². The lowest BCUT2D eigenvalue weighted by atomic mass is 10.0. The van der Waals surface area contributed by atoms with E-state index in [0.717, 1.165) is 37.5 Å². The zero-order valence-corrected chi connectivity index (χ0v) is 31.6. The van der Waals surface area contributed by atoms with Crippen LogP contribution in [0.25, 0.3) is 0 Å². The molecule has 1 N–H and O–H groups in total. The Labute approximate surface area is 294 Å². The first-order chi connectivity index (χ1) is 23.1. The monoisotopic (exact) mass is 717 g/mol. The van der Waals surface area contributed by atoms with Gasteiger partial charge < -0.3 is 33.0 Å². The molecule has 13 heteroatoms. The summed E-state index contributed by atoms with van der Waals surface area (Å²) in [7, 11) is 0.928. The zero-order chi connectivity index (χ0) is 37.0. The second-order valence-electron chi connectivity index (χ2n) is 13.5. The number of unbranched alkanes of at least 4 members (excludes halogenated alkanes) is 12.